The van der Waals surface area contributed by atoms with Crippen LogP contribution in [0.25, 0.3) is 0 Å². The first-order valence-corrected chi connectivity index (χ1v) is 7.07. The van der Waals surface area contributed by atoms with Gasteiger partial charge in [0.1, 0.15) is 0 Å². The van der Waals surface area contributed by atoms with Crippen LogP contribution in [0, 0.1) is 6.92 Å². The van der Waals surface area contributed by atoms with E-state index in [1.807, 2.05) is 0 Å². The van der Waals surface area contributed by atoms with Crippen molar-refractivity contribution in [1.82, 2.24) is 4.90 Å². The second-order valence-electron chi connectivity index (χ2n) is 4.77. The van der Waals surface area contributed by atoms with Crippen LogP contribution in [0.15, 0.2) is 24.3 Å². The largest absolute Gasteiger partial charge is 0.382 e. The minimum atomic E-state index is 0.428. The molecule has 0 fully saturated rings. The van der Waals surface area contributed by atoms with Gasteiger partial charge in [0.05, 0.1) is 19.8 Å². The molecule has 19 heavy (non-hydrogen) atoms. The minimum Gasteiger partial charge on any atom is -0.382 e. The molecule has 1 atom stereocenters. The highest BCUT2D eigenvalue weighted by Gasteiger charge is 2.15. The van der Waals surface area contributed by atoms with Crippen molar-refractivity contribution in [3.63, 3.8) is 0 Å². The molecule has 0 aliphatic heterocycles. The van der Waals surface area contributed by atoms with Crippen LogP contribution >= 0.6 is 0 Å². The summed E-state index contributed by atoms with van der Waals surface area (Å²) in [5, 5.41) is 0. The van der Waals surface area contributed by atoms with Crippen LogP contribution in [0.4, 0.5) is 0 Å². The number of benzene rings is 1. The number of hydrogen-bond donors (Lipinski definition) is 0. The topological polar surface area (TPSA) is 21.7 Å². The zero-order chi connectivity index (χ0) is 14.1. The zero-order valence-electron chi connectivity index (χ0n) is 12.7. The standard InChI is InChI=1S/C16H27NO2/c1-5-17(10-11-19-13-12-18-4)15(3)16-9-7-6-8-14(16)2/h6-9,15H,5,10-13H2,1-4H3. The summed E-state index contributed by atoms with van der Waals surface area (Å²) in [7, 11) is 1.70. The highest BCUT2D eigenvalue weighted by Crippen LogP contribution is 2.22. The molecule has 3 nitrogen and oxygen atoms in total. The van der Waals surface area contributed by atoms with Crippen LogP contribution in [-0.4, -0.2) is 44.9 Å². The van der Waals surface area contributed by atoms with E-state index in [4.69, 9.17) is 9.47 Å². The molecule has 0 aromatic heterocycles. The summed E-state index contributed by atoms with van der Waals surface area (Å²) in [6.45, 7) is 10.7. The lowest BCUT2D eigenvalue weighted by Crippen LogP contribution is -2.31. The van der Waals surface area contributed by atoms with E-state index in [0.29, 0.717) is 19.3 Å². The first kappa shape index (κ1) is 16.2. The summed E-state index contributed by atoms with van der Waals surface area (Å²) in [6.07, 6.45) is 0. The lowest BCUT2D eigenvalue weighted by atomic mass is 10.0. The molecular weight excluding hydrogens is 238 g/mol. The van der Waals surface area contributed by atoms with Crippen molar-refractivity contribution in [3.05, 3.63) is 35.4 Å². The number of hydrogen-bond acceptors (Lipinski definition) is 3. The molecule has 0 radical (unpaired) electrons. The number of methoxy groups -OCH3 is 1. The van der Waals surface area contributed by atoms with Gasteiger partial charge in [-0.2, -0.15) is 0 Å². The Morgan fingerprint density at radius 2 is 1.89 bits per heavy atom. The maximum absolute atomic E-state index is 5.56. The average Bonchev–Trinajstić information content (AvgIpc) is 2.43. The van der Waals surface area contributed by atoms with E-state index in [2.05, 4.69) is 49.9 Å². The third-order valence-corrected chi connectivity index (χ3v) is 3.55. The minimum absolute atomic E-state index is 0.428. The Hall–Kier alpha value is -0.900. The van der Waals surface area contributed by atoms with Crippen molar-refractivity contribution >= 4 is 0 Å². The van der Waals surface area contributed by atoms with E-state index in [0.717, 1.165) is 19.7 Å². The Kier molecular flexibility index (Phi) is 7.72. The Labute approximate surface area is 117 Å². The van der Waals surface area contributed by atoms with E-state index in [1.165, 1.54) is 11.1 Å². The zero-order valence-corrected chi connectivity index (χ0v) is 12.7. The smallest absolute Gasteiger partial charge is 0.0700 e. The molecule has 0 heterocycles. The quantitative estimate of drug-likeness (QED) is 0.641. The summed E-state index contributed by atoms with van der Waals surface area (Å²) in [5.74, 6) is 0. The molecule has 0 amide bonds. The normalized spacial score (nSPS) is 12.9. The SMILES string of the molecule is CCN(CCOCCOC)C(C)c1ccccc1C. The van der Waals surface area contributed by atoms with Gasteiger partial charge in [-0.15, -0.1) is 0 Å². The molecule has 0 N–H and O–H groups in total. The van der Waals surface area contributed by atoms with Crippen LogP contribution in [0.5, 0.6) is 0 Å². The maximum Gasteiger partial charge on any atom is 0.0700 e. The summed E-state index contributed by atoms with van der Waals surface area (Å²) in [5.41, 5.74) is 2.76. The first-order valence-electron chi connectivity index (χ1n) is 7.07. The van der Waals surface area contributed by atoms with Gasteiger partial charge in [0, 0.05) is 19.7 Å². The van der Waals surface area contributed by atoms with Gasteiger partial charge in [0.2, 0.25) is 0 Å². The highest BCUT2D eigenvalue weighted by atomic mass is 16.5. The molecule has 0 aliphatic carbocycles. The van der Waals surface area contributed by atoms with Crippen LogP contribution in [0.2, 0.25) is 0 Å². The lowest BCUT2D eigenvalue weighted by Gasteiger charge is -2.29. The third kappa shape index (κ3) is 5.31. The van der Waals surface area contributed by atoms with Crippen molar-refractivity contribution in [2.24, 2.45) is 0 Å². The lowest BCUT2D eigenvalue weighted by molar-refractivity contribution is 0.0518. The fourth-order valence-corrected chi connectivity index (χ4v) is 2.30. The molecule has 108 valence electrons. The number of ether oxygens (including phenoxy) is 2. The van der Waals surface area contributed by atoms with Crippen LogP contribution in [0.3, 0.4) is 0 Å². The van der Waals surface area contributed by atoms with Gasteiger partial charge in [-0.25, -0.2) is 0 Å². The summed E-state index contributed by atoms with van der Waals surface area (Å²) in [4.78, 5) is 2.44. The Bertz CT molecular complexity index is 354. The van der Waals surface area contributed by atoms with E-state index < -0.39 is 0 Å². The van der Waals surface area contributed by atoms with Gasteiger partial charge in [0.25, 0.3) is 0 Å². The van der Waals surface area contributed by atoms with Gasteiger partial charge < -0.3 is 9.47 Å². The fraction of sp³-hybridized carbons (Fsp3) is 0.625. The summed E-state index contributed by atoms with van der Waals surface area (Å²) < 4.78 is 10.5. The Balaban J connectivity index is 2.48. The third-order valence-electron chi connectivity index (χ3n) is 3.55. The molecule has 1 aromatic carbocycles. The molecule has 0 spiro atoms. The predicted molar refractivity (Wildman–Crippen MR) is 79.5 cm³/mol. The Morgan fingerprint density at radius 1 is 1.16 bits per heavy atom. The van der Waals surface area contributed by atoms with Crippen molar-refractivity contribution in [3.8, 4) is 0 Å². The van der Waals surface area contributed by atoms with Crippen molar-refractivity contribution < 1.29 is 9.47 Å². The van der Waals surface area contributed by atoms with Gasteiger partial charge >= 0.3 is 0 Å². The van der Waals surface area contributed by atoms with E-state index in [1.54, 1.807) is 7.11 Å². The van der Waals surface area contributed by atoms with Gasteiger partial charge in [-0.3, -0.25) is 4.90 Å². The maximum atomic E-state index is 5.56. The predicted octanol–water partition coefficient (Wildman–Crippen LogP) is 3.04. The fourth-order valence-electron chi connectivity index (χ4n) is 2.30. The van der Waals surface area contributed by atoms with Gasteiger partial charge in [0.15, 0.2) is 0 Å². The first-order chi connectivity index (χ1) is 9.20. The molecule has 0 saturated heterocycles. The van der Waals surface area contributed by atoms with Gasteiger partial charge in [-0.05, 0) is 31.5 Å². The number of nitrogens with zero attached hydrogens (tertiary/aromatic N) is 1. The molecule has 1 unspecified atom stereocenters. The molecule has 1 aromatic rings. The average molecular weight is 265 g/mol. The number of rotatable bonds is 9. The summed E-state index contributed by atoms with van der Waals surface area (Å²) >= 11 is 0. The molecule has 3 heteroatoms. The highest BCUT2D eigenvalue weighted by molar-refractivity contribution is 5.28. The number of likely N-dealkylation sites (N-methyl/N-ethyl adjacent to an activating group) is 1. The van der Waals surface area contributed by atoms with Crippen LogP contribution in [-0.2, 0) is 9.47 Å². The second-order valence-corrected chi connectivity index (χ2v) is 4.77. The van der Waals surface area contributed by atoms with E-state index >= 15 is 0 Å². The second kappa shape index (κ2) is 9.08. The molecular formula is C16H27NO2. The van der Waals surface area contributed by atoms with Crippen LogP contribution in [0.1, 0.15) is 31.0 Å². The molecule has 0 aliphatic rings. The molecule has 1 rings (SSSR count). The number of aryl methyl sites for hydroxylation is 1. The molecule has 0 saturated carbocycles. The van der Waals surface area contributed by atoms with E-state index in [9.17, 15) is 0 Å². The van der Waals surface area contributed by atoms with E-state index in [-0.39, 0.29) is 0 Å². The molecule has 0 bridgehead atoms. The van der Waals surface area contributed by atoms with Crippen molar-refractivity contribution in [2.45, 2.75) is 26.8 Å². The van der Waals surface area contributed by atoms with Crippen molar-refractivity contribution in [2.75, 3.05) is 40.0 Å². The van der Waals surface area contributed by atoms with Crippen molar-refractivity contribution in [1.29, 1.82) is 0 Å². The summed E-state index contributed by atoms with van der Waals surface area (Å²) in [6, 6.07) is 9.03. The Morgan fingerprint density at radius 3 is 2.53 bits per heavy atom. The monoisotopic (exact) mass is 265 g/mol. The van der Waals surface area contributed by atoms with Gasteiger partial charge in [-0.1, -0.05) is 31.2 Å². The van der Waals surface area contributed by atoms with Crippen LogP contribution < -0.4 is 0 Å².